The summed E-state index contributed by atoms with van der Waals surface area (Å²) in [7, 11) is 0. The van der Waals surface area contributed by atoms with Crippen molar-refractivity contribution < 1.29 is 9.53 Å². The van der Waals surface area contributed by atoms with Crippen LogP contribution in [0.5, 0.6) is 0 Å². The zero-order valence-electron chi connectivity index (χ0n) is 10.8. The van der Waals surface area contributed by atoms with E-state index in [-0.39, 0.29) is 24.2 Å². The van der Waals surface area contributed by atoms with E-state index in [1.165, 1.54) is 12.4 Å². The Morgan fingerprint density at radius 1 is 1.50 bits per heavy atom. The number of nitrogens with zero attached hydrogens (tertiary/aromatic N) is 4. The quantitative estimate of drug-likeness (QED) is 0.727. The lowest BCUT2D eigenvalue weighted by molar-refractivity contribution is -0.141. The molecule has 0 atom stereocenters. The van der Waals surface area contributed by atoms with Crippen LogP contribution in [0, 0.1) is 11.3 Å². The molecule has 1 rings (SSSR count). The van der Waals surface area contributed by atoms with Crippen molar-refractivity contribution in [1.82, 2.24) is 9.97 Å². The summed E-state index contributed by atoms with van der Waals surface area (Å²) in [6, 6.07) is 1.98. The predicted octanol–water partition coefficient (Wildman–Crippen LogP) is 1.13. The summed E-state index contributed by atoms with van der Waals surface area (Å²) < 4.78 is 4.91. The molecule has 0 saturated carbocycles. The van der Waals surface area contributed by atoms with Crippen LogP contribution in [0.15, 0.2) is 12.4 Å². The van der Waals surface area contributed by atoms with Crippen molar-refractivity contribution in [2.75, 3.05) is 18.1 Å². The maximum absolute atomic E-state index is 11.5. The van der Waals surface area contributed by atoms with Crippen LogP contribution >= 0.6 is 0 Å². The van der Waals surface area contributed by atoms with E-state index in [0.717, 1.165) is 0 Å². The first-order chi connectivity index (χ1) is 8.60. The van der Waals surface area contributed by atoms with Crippen LogP contribution in [-0.2, 0) is 9.53 Å². The second-order valence-electron chi connectivity index (χ2n) is 3.87. The van der Waals surface area contributed by atoms with E-state index < -0.39 is 0 Å². The molecule has 0 N–H and O–H groups in total. The molecule has 6 nitrogen and oxygen atoms in total. The maximum Gasteiger partial charge on any atom is 0.325 e. The number of ether oxygens (including phenoxy) is 1. The van der Waals surface area contributed by atoms with Crippen molar-refractivity contribution in [1.29, 1.82) is 5.26 Å². The summed E-state index contributed by atoms with van der Waals surface area (Å²) in [5.74, 6) is 0.0591. The SMILES string of the molecule is CCOC(=O)CN(c1nccnc1C#N)C(C)C. The van der Waals surface area contributed by atoms with E-state index in [2.05, 4.69) is 9.97 Å². The molecule has 0 unspecified atom stereocenters. The van der Waals surface area contributed by atoms with E-state index in [1.54, 1.807) is 11.8 Å². The average Bonchev–Trinajstić information content (AvgIpc) is 2.36. The zero-order valence-corrected chi connectivity index (χ0v) is 10.8. The minimum atomic E-state index is -0.347. The van der Waals surface area contributed by atoms with Crippen LogP contribution in [0.4, 0.5) is 5.82 Å². The number of aromatic nitrogens is 2. The molecule has 0 radical (unpaired) electrons. The number of anilines is 1. The van der Waals surface area contributed by atoms with Crippen LogP contribution in [0.25, 0.3) is 0 Å². The summed E-state index contributed by atoms with van der Waals surface area (Å²) in [4.78, 5) is 21.3. The number of carbonyl (C=O) groups excluding carboxylic acids is 1. The van der Waals surface area contributed by atoms with Crippen LogP contribution in [0.1, 0.15) is 26.5 Å². The molecule has 0 aliphatic carbocycles. The minimum Gasteiger partial charge on any atom is -0.465 e. The number of esters is 1. The molecule has 0 aliphatic heterocycles. The molecule has 0 bridgehead atoms. The molecule has 0 saturated heterocycles. The average molecular weight is 248 g/mol. The molecule has 0 amide bonds. The second-order valence-corrected chi connectivity index (χ2v) is 3.87. The normalized spacial score (nSPS) is 9.94. The van der Waals surface area contributed by atoms with Crippen LogP contribution < -0.4 is 4.90 Å². The van der Waals surface area contributed by atoms with Gasteiger partial charge in [0.05, 0.1) is 6.61 Å². The third-order valence-electron chi connectivity index (χ3n) is 2.28. The van der Waals surface area contributed by atoms with Crippen molar-refractivity contribution in [2.45, 2.75) is 26.8 Å². The lowest BCUT2D eigenvalue weighted by Crippen LogP contribution is -2.37. The van der Waals surface area contributed by atoms with Crippen LogP contribution in [0.3, 0.4) is 0 Å². The van der Waals surface area contributed by atoms with Crippen molar-refractivity contribution in [3.05, 3.63) is 18.1 Å². The highest BCUT2D eigenvalue weighted by atomic mass is 16.5. The molecule has 1 heterocycles. The largest absolute Gasteiger partial charge is 0.465 e. The highest BCUT2D eigenvalue weighted by Gasteiger charge is 2.20. The number of hydrogen-bond acceptors (Lipinski definition) is 6. The van der Waals surface area contributed by atoms with E-state index in [4.69, 9.17) is 10.00 Å². The number of hydrogen-bond donors (Lipinski definition) is 0. The van der Waals surface area contributed by atoms with Gasteiger partial charge < -0.3 is 9.64 Å². The Balaban J connectivity index is 2.98. The van der Waals surface area contributed by atoms with Gasteiger partial charge in [0, 0.05) is 18.4 Å². The molecular weight excluding hydrogens is 232 g/mol. The van der Waals surface area contributed by atoms with Gasteiger partial charge in [-0.05, 0) is 20.8 Å². The highest BCUT2D eigenvalue weighted by Crippen LogP contribution is 2.16. The van der Waals surface area contributed by atoms with Gasteiger partial charge in [0.25, 0.3) is 0 Å². The van der Waals surface area contributed by atoms with Gasteiger partial charge in [0.1, 0.15) is 12.6 Å². The fourth-order valence-corrected chi connectivity index (χ4v) is 1.47. The van der Waals surface area contributed by atoms with Gasteiger partial charge in [-0.25, -0.2) is 9.97 Å². The molecule has 0 fully saturated rings. The zero-order chi connectivity index (χ0) is 13.5. The predicted molar refractivity (Wildman–Crippen MR) is 65.9 cm³/mol. The summed E-state index contributed by atoms with van der Waals surface area (Å²) in [5.41, 5.74) is 0.204. The molecule has 1 aromatic heterocycles. The van der Waals surface area contributed by atoms with Gasteiger partial charge in [-0.2, -0.15) is 5.26 Å². The third kappa shape index (κ3) is 3.42. The molecular formula is C12H16N4O2. The number of carbonyl (C=O) groups is 1. The summed E-state index contributed by atoms with van der Waals surface area (Å²) in [6.45, 7) is 5.96. The molecule has 1 aromatic rings. The van der Waals surface area contributed by atoms with Gasteiger partial charge in [-0.1, -0.05) is 0 Å². The maximum atomic E-state index is 11.5. The smallest absolute Gasteiger partial charge is 0.325 e. The Bertz CT molecular complexity index is 454. The lowest BCUT2D eigenvalue weighted by Gasteiger charge is -2.26. The Morgan fingerprint density at radius 3 is 2.72 bits per heavy atom. The summed E-state index contributed by atoms with van der Waals surface area (Å²) in [6.07, 6.45) is 2.95. The lowest BCUT2D eigenvalue weighted by atomic mass is 10.3. The Labute approximate surface area is 106 Å². The molecule has 0 aliphatic rings. The third-order valence-corrected chi connectivity index (χ3v) is 2.28. The summed E-state index contributed by atoms with van der Waals surface area (Å²) in [5, 5.41) is 8.99. The fraction of sp³-hybridized carbons (Fsp3) is 0.500. The van der Waals surface area contributed by atoms with E-state index >= 15 is 0 Å². The minimum absolute atomic E-state index is 0.0122. The van der Waals surface area contributed by atoms with Crippen LogP contribution in [0.2, 0.25) is 0 Å². The molecule has 6 heteroatoms. The molecule has 0 aromatic carbocycles. The first kappa shape index (κ1) is 13.9. The van der Waals surface area contributed by atoms with Gasteiger partial charge in [-0.3, -0.25) is 4.79 Å². The first-order valence-electron chi connectivity index (χ1n) is 5.73. The van der Waals surface area contributed by atoms with Gasteiger partial charge in [-0.15, -0.1) is 0 Å². The first-order valence-corrected chi connectivity index (χ1v) is 5.73. The number of rotatable bonds is 5. The highest BCUT2D eigenvalue weighted by molar-refractivity contribution is 5.76. The van der Waals surface area contributed by atoms with Gasteiger partial charge in [0.2, 0.25) is 0 Å². The van der Waals surface area contributed by atoms with Gasteiger partial charge in [0.15, 0.2) is 11.5 Å². The monoisotopic (exact) mass is 248 g/mol. The van der Waals surface area contributed by atoms with Crippen molar-refractivity contribution in [3.8, 4) is 6.07 Å². The molecule has 0 spiro atoms. The Morgan fingerprint density at radius 2 is 2.17 bits per heavy atom. The van der Waals surface area contributed by atoms with E-state index in [1.807, 2.05) is 19.9 Å². The summed E-state index contributed by atoms with van der Waals surface area (Å²) >= 11 is 0. The standard InChI is InChI=1S/C12H16N4O2/c1-4-18-11(17)8-16(9(2)3)12-10(7-13)14-5-6-15-12/h5-6,9H,4,8H2,1-3H3. The Hall–Kier alpha value is -2.16. The molecule has 18 heavy (non-hydrogen) atoms. The van der Waals surface area contributed by atoms with Crippen molar-refractivity contribution >= 4 is 11.8 Å². The number of nitriles is 1. The van der Waals surface area contributed by atoms with E-state index in [0.29, 0.717) is 12.4 Å². The van der Waals surface area contributed by atoms with E-state index in [9.17, 15) is 4.79 Å². The van der Waals surface area contributed by atoms with Crippen molar-refractivity contribution in [2.24, 2.45) is 0 Å². The van der Waals surface area contributed by atoms with Gasteiger partial charge >= 0.3 is 5.97 Å². The topological polar surface area (TPSA) is 79.1 Å². The second kappa shape index (κ2) is 6.55. The fourth-order valence-electron chi connectivity index (χ4n) is 1.47. The van der Waals surface area contributed by atoms with Crippen molar-refractivity contribution in [3.63, 3.8) is 0 Å². The molecule has 96 valence electrons. The Kier molecular flexibility index (Phi) is 5.06. The van der Waals surface area contributed by atoms with Crippen LogP contribution in [-0.4, -0.2) is 35.1 Å².